The summed E-state index contributed by atoms with van der Waals surface area (Å²) < 4.78 is 0. The Balaban J connectivity index is 0.00000192. The van der Waals surface area contributed by atoms with Crippen LogP contribution in [0.25, 0.3) is 0 Å². The third-order valence-corrected chi connectivity index (χ3v) is 5.19. The molecular formula is C18H28ClN3O. The van der Waals surface area contributed by atoms with E-state index < -0.39 is 0 Å². The first-order valence-corrected chi connectivity index (χ1v) is 8.46. The summed E-state index contributed by atoms with van der Waals surface area (Å²) in [5, 5.41) is 0. The molecule has 0 saturated carbocycles. The van der Waals surface area contributed by atoms with E-state index in [2.05, 4.69) is 36.1 Å². The molecule has 2 aliphatic rings. The van der Waals surface area contributed by atoms with Crippen molar-refractivity contribution in [1.29, 1.82) is 0 Å². The van der Waals surface area contributed by atoms with E-state index in [0.29, 0.717) is 19.1 Å². The molecule has 0 aromatic heterocycles. The Morgan fingerprint density at radius 2 is 2.00 bits per heavy atom. The molecule has 1 aromatic carbocycles. The van der Waals surface area contributed by atoms with Gasteiger partial charge in [-0.1, -0.05) is 31.2 Å². The highest BCUT2D eigenvalue weighted by molar-refractivity contribution is 5.85. The fraction of sp³-hybridized carbons (Fsp3) is 0.611. The molecule has 23 heavy (non-hydrogen) atoms. The number of amides is 1. The molecule has 1 amide bonds. The van der Waals surface area contributed by atoms with Gasteiger partial charge in [0, 0.05) is 25.7 Å². The van der Waals surface area contributed by atoms with E-state index in [9.17, 15) is 4.79 Å². The van der Waals surface area contributed by atoms with Crippen LogP contribution < -0.4 is 5.73 Å². The smallest absolute Gasteiger partial charge is 0.237 e. The third kappa shape index (κ3) is 4.25. The van der Waals surface area contributed by atoms with E-state index in [0.717, 1.165) is 38.4 Å². The van der Waals surface area contributed by atoms with Crippen LogP contribution in [0, 0.1) is 5.92 Å². The number of rotatable bonds is 3. The zero-order chi connectivity index (χ0) is 15.5. The van der Waals surface area contributed by atoms with E-state index in [4.69, 9.17) is 5.73 Å². The molecule has 2 atom stereocenters. The molecule has 0 aliphatic carbocycles. The van der Waals surface area contributed by atoms with E-state index in [1.165, 1.54) is 17.5 Å². The summed E-state index contributed by atoms with van der Waals surface area (Å²) in [5.74, 6) is 0.976. The largest absolute Gasteiger partial charge is 0.337 e. The van der Waals surface area contributed by atoms with E-state index in [1.54, 1.807) is 0 Å². The predicted molar refractivity (Wildman–Crippen MR) is 95.6 cm³/mol. The number of hydrogen-bond donors (Lipinski definition) is 1. The molecule has 0 radical (unpaired) electrons. The highest BCUT2D eigenvalue weighted by Crippen LogP contribution is 2.23. The summed E-state index contributed by atoms with van der Waals surface area (Å²) in [6.07, 6.45) is 3.26. The molecule has 3 rings (SSSR count). The van der Waals surface area contributed by atoms with Gasteiger partial charge < -0.3 is 10.6 Å². The minimum atomic E-state index is 0. The van der Waals surface area contributed by atoms with Gasteiger partial charge in [0.25, 0.3) is 0 Å². The maximum atomic E-state index is 12.7. The maximum absolute atomic E-state index is 12.7. The lowest BCUT2D eigenvalue weighted by atomic mass is 9.92. The first-order valence-electron chi connectivity index (χ1n) is 8.46. The molecule has 1 fully saturated rings. The zero-order valence-corrected chi connectivity index (χ0v) is 14.7. The van der Waals surface area contributed by atoms with Gasteiger partial charge in [-0.2, -0.15) is 0 Å². The minimum Gasteiger partial charge on any atom is -0.337 e. The third-order valence-electron chi connectivity index (χ3n) is 5.19. The molecular weight excluding hydrogens is 310 g/mol. The Bertz CT molecular complexity index is 537. The molecule has 2 aliphatic heterocycles. The van der Waals surface area contributed by atoms with Crippen LogP contribution in [0.3, 0.4) is 0 Å². The summed E-state index contributed by atoms with van der Waals surface area (Å²) in [5.41, 5.74) is 8.59. The van der Waals surface area contributed by atoms with Gasteiger partial charge in [-0.25, -0.2) is 0 Å². The topological polar surface area (TPSA) is 49.6 Å². The molecule has 128 valence electrons. The highest BCUT2D eigenvalue weighted by atomic mass is 35.5. The Morgan fingerprint density at radius 3 is 2.74 bits per heavy atom. The van der Waals surface area contributed by atoms with Gasteiger partial charge in [0.2, 0.25) is 5.91 Å². The number of nitrogens with zero attached hydrogens (tertiary/aromatic N) is 2. The van der Waals surface area contributed by atoms with E-state index in [1.807, 2.05) is 4.90 Å². The molecule has 2 heterocycles. The van der Waals surface area contributed by atoms with Crippen LogP contribution in [0.15, 0.2) is 24.3 Å². The fourth-order valence-corrected chi connectivity index (χ4v) is 3.74. The van der Waals surface area contributed by atoms with Crippen molar-refractivity contribution in [1.82, 2.24) is 9.80 Å². The van der Waals surface area contributed by atoms with Gasteiger partial charge in [-0.15, -0.1) is 12.4 Å². The number of carbonyl (C=O) groups excluding carboxylic acids is 1. The predicted octanol–water partition coefficient (Wildman–Crippen LogP) is 2.05. The second-order valence-corrected chi connectivity index (χ2v) is 6.82. The molecule has 4 nitrogen and oxygen atoms in total. The van der Waals surface area contributed by atoms with E-state index in [-0.39, 0.29) is 18.3 Å². The van der Waals surface area contributed by atoms with Crippen molar-refractivity contribution < 1.29 is 4.79 Å². The highest BCUT2D eigenvalue weighted by Gasteiger charge is 2.29. The van der Waals surface area contributed by atoms with Gasteiger partial charge >= 0.3 is 0 Å². The summed E-state index contributed by atoms with van der Waals surface area (Å²) in [6, 6.07) is 8.82. The number of likely N-dealkylation sites (tertiary alicyclic amines) is 1. The van der Waals surface area contributed by atoms with Crippen molar-refractivity contribution in [2.24, 2.45) is 11.7 Å². The lowest BCUT2D eigenvalue weighted by Crippen LogP contribution is -2.51. The Morgan fingerprint density at radius 1 is 1.26 bits per heavy atom. The quantitative estimate of drug-likeness (QED) is 0.918. The van der Waals surface area contributed by atoms with Gasteiger partial charge in [0.1, 0.15) is 0 Å². The monoisotopic (exact) mass is 337 g/mol. The number of nitrogens with two attached hydrogens (primary N) is 1. The van der Waals surface area contributed by atoms with Crippen molar-refractivity contribution in [3.8, 4) is 0 Å². The average molecular weight is 338 g/mol. The molecule has 5 heteroatoms. The van der Waals surface area contributed by atoms with Crippen molar-refractivity contribution in [3.63, 3.8) is 0 Å². The number of fused-ring (bicyclic) bond motifs is 1. The average Bonchev–Trinajstić information content (AvgIpc) is 2.55. The van der Waals surface area contributed by atoms with Crippen LogP contribution >= 0.6 is 12.4 Å². The number of carbonyl (C=O) groups is 1. The second-order valence-electron chi connectivity index (χ2n) is 6.82. The first kappa shape index (κ1) is 18.2. The number of piperidine rings is 1. The van der Waals surface area contributed by atoms with Crippen molar-refractivity contribution in [2.45, 2.75) is 38.8 Å². The normalized spacial score (nSPS) is 24.7. The summed E-state index contributed by atoms with van der Waals surface area (Å²) in [4.78, 5) is 17.0. The van der Waals surface area contributed by atoms with Crippen LogP contribution in [0.2, 0.25) is 0 Å². The number of hydrogen-bond acceptors (Lipinski definition) is 3. The second kappa shape index (κ2) is 8.13. The molecule has 0 spiro atoms. The molecule has 2 unspecified atom stereocenters. The molecule has 2 N–H and O–H groups in total. The van der Waals surface area contributed by atoms with Gasteiger partial charge in [-0.3, -0.25) is 9.69 Å². The first-order chi connectivity index (χ1) is 10.7. The summed E-state index contributed by atoms with van der Waals surface area (Å²) in [6.45, 7) is 6.06. The Labute approximate surface area is 145 Å². The molecule has 0 bridgehead atoms. The minimum absolute atomic E-state index is 0. The SMILES string of the molecule is CC1CCN(CC(=O)N2CCc3ccccc3C2)C(CN)C1.Cl. The van der Waals surface area contributed by atoms with Crippen molar-refractivity contribution >= 4 is 18.3 Å². The van der Waals surface area contributed by atoms with Gasteiger partial charge in [0.05, 0.1) is 6.54 Å². The Kier molecular flexibility index (Phi) is 6.45. The standard InChI is InChI=1S/C18H27N3O.ClH/c1-14-6-8-20(17(10-14)11-19)13-18(22)21-9-7-15-4-2-3-5-16(15)12-21;/h2-5,14,17H,6-13,19H2,1H3;1H. The molecule has 1 aromatic rings. The van der Waals surface area contributed by atoms with Crippen LogP contribution in [-0.4, -0.2) is 47.9 Å². The van der Waals surface area contributed by atoms with E-state index >= 15 is 0 Å². The summed E-state index contributed by atoms with van der Waals surface area (Å²) >= 11 is 0. The maximum Gasteiger partial charge on any atom is 0.237 e. The molecule has 1 saturated heterocycles. The van der Waals surface area contributed by atoms with Crippen LogP contribution in [-0.2, 0) is 17.8 Å². The Hall–Kier alpha value is -1.10. The van der Waals surface area contributed by atoms with Crippen LogP contribution in [0.1, 0.15) is 30.9 Å². The number of halogens is 1. The zero-order valence-electron chi connectivity index (χ0n) is 13.9. The van der Waals surface area contributed by atoms with Crippen molar-refractivity contribution in [3.05, 3.63) is 35.4 Å². The fourth-order valence-electron chi connectivity index (χ4n) is 3.74. The lowest BCUT2D eigenvalue weighted by molar-refractivity contribution is -0.134. The van der Waals surface area contributed by atoms with Crippen LogP contribution in [0.4, 0.5) is 0 Å². The lowest BCUT2D eigenvalue weighted by Gasteiger charge is -2.39. The number of benzene rings is 1. The van der Waals surface area contributed by atoms with Crippen LogP contribution in [0.5, 0.6) is 0 Å². The van der Waals surface area contributed by atoms with Crippen molar-refractivity contribution in [2.75, 3.05) is 26.2 Å². The summed E-state index contributed by atoms with van der Waals surface area (Å²) in [7, 11) is 0. The van der Waals surface area contributed by atoms with Gasteiger partial charge in [-0.05, 0) is 42.9 Å². The van der Waals surface area contributed by atoms with Gasteiger partial charge in [0.15, 0.2) is 0 Å².